The molecule has 27 heavy (non-hydrogen) atoms. The number of likely N-dealkylation sites (tertiary alicyclic amines) is 1. The summed E-state index contributed by atoms with van der Waals surface area (Å²) in [5.41, 5.74) is 5.80. The highest BCUT2D eigenvalue weighted by Crippen LogP contribution is 2.22. The maximum atomic E-state index is 12.8. The van der Waals surface area contributed by atoms with Crippen LogP contribution in [0, 0.1) is 5.92 Å². The van der Waals surface area contributed by atoms with Gasteiger partial charge in [-0.05, 0) is 49.9 Å². The average molecular weight is 394 g/mol. The minimum Gasteiger partial charge on any atom is -0.369 e. The number of hydrogen-bond donors (Lipinski definition) is 1. The van der Waals surface area contributed by atoms with E-state index in [1.165, 1.54) is 12.1 Å². The van der Waals surface area contributed by atoms with Gasteiger partial charge in [0.2, 0.25) is 15.9 Å². The summed E-state index contributed by atoms with van der Waals surface area (Å²) in [7, 11) is -3.53. The number of amides is 2. The molecule has 2 saturated heterocycles. The van der Waals surface area contributed by atoms with E-state index in [0.717, 1.165) is 32.1 Å². The standard InChI is InChI=1S/C19H27N3O4S/c20-18(23)16-6-5-11-21(14-16)19(24)15-7-9-17(10-8-15)27(25,26)22-12-3-1-2-4-13-22/h7-10,16H,1-6,11-14H2,(H2,20,23)/t16-/m1/s1. The normalized spacial score (nSPS) is 22.2. The summed E-state index contributed by atoms with van der Waals surface area (Å²) >= 11 is 0. The first-order valence-electron chi connectivity index (χ1n) is 9.58. The van der Waals surface area contributed by atoms with Crippen molar-refractivity contribution in [2.24, 2.45) is 11.7 Å². The highest BCUT2D eigenvalue weighted by molar-refractivity contribution is 7.89. The van der Waals surface area contributed by atoms with Gasteiger partial charge in [-0.2, -0.15) is 4.31 Å². The number of benzene rings is 1. The Bertz CT molecular complexity index is 784. The predicted octanol–water partition coefficient (Wildman–Crippen LogP) is 1.59. The van der Waals surface area contributed by atoms with Crippen LogP contribution in [0.4, 0.5) is 0 Å². The molecule has 0 unspecified atom stereocenters. The summed E-state index contributed by atoms with van der Waals surface area (Å²) < 4.78 is 27.2. The van der Waals surface area contributed by atoms with Crippen molar-refractivity contribution in [2.45, 2.75) is 43.4 Å². The molecule has 2 fully saturated rings. The van der Waals surface area contributed by atoms with E-state index in [2.05, 4.69) is 0 Å². The third-order valence-corrected chi connectivity index (χ3v) is 7.33. The zero-order valence-electron chi connectivity index (χ0n) is 15.5. The molecule has 3 rings (SSSR count). The molecule has 1 atom stereocenters. The summed E-state index contributed by atoms with van der Waals surface area (Å²) in [6.07, 6.45) is 5.31. The van der Waals surface area contributed by atoms with Crippen LogP contribution < -0.4 is 5.73 Å². The summed E-state index contributed by atoms with van der Waals surface area (Å²) in [5, 5.41) is 0. The maximum absolute atomic E-state index is 12.8. The van der Waals surface area contributed by atoms with Gasteiger partial charge < -0.3 is 10.6 Å². The van der Waals surface area contributed by atoms with Crippen molar-refractivity contribution < 1.29 is 18.0 Å². The predicted molar refractivity (Wildman–Crippen MR) is 101 cm³/mol. The Labute approximate surface area is 160 Å². The molecule has 2 heterocycles. The van der Waals surface area contributed by atoms with Gasteiger partial charge in [-0.1, -0.05) is 12.8 Å². The SMILES string of the molecule is NC(=O)[C@@H]1CCCN(C(=O)c2ccc(S(=O)(=O)N3CCCCCC3)cc2)C1. The topological polar surface area (TPSA) is 101 Å². The molecule has 2 amide bonds. The molecular weight excluding hydrogens is 366 g/mol. The first-order valence-corrected chi connectivity index (χ1v) is 11.0. The van der Waals surface area contributed by atoms with Gasteiger partial charge in [-0.3, -0.25) is 9.59 Å². The van der Waals surface area contributed by atoms with E-state index in [9.17, 15) is 18.0 Å². The molecule has 148 valence electrons. The van der Waals surface area contributed by atoms with Crippen LogP contribution in [-0.2, 0) is 14.8 Å². The van der Waals surface area contributed by atoms with E-state index in [1.807, 2.05) is 0 Å². The second-order valence-electron chi connectivity index (χ2n) is 7.34. The molecule has 0 radical (unpaired) electrons. The van der Waals surface area contributed by atoms with Crippen molar-refractivity contribution in [3.63, 3.8) is 0 Å². The fraction of sp³-hybridized carbons (Fsp3) is 0.579. The van der Waals surface area contributed by atoms with Crippen LogP contribution in [0.3, 0.4) is 0 Å². The van der Waals surface area contributed by atoms with Crippen LogP contribution in [0.15, 0.2) is 29.2 Å². The Morgan fingerprint density at radius 1 is 0.926 bits per heavy atom. The van der Waals surface area contributed by atoms with Crippen molar-refractivity contribution in [1.29, 1.82) is 0 Å². The van der Waals surface area contributed by atoms with Gasteiger partial charge in [0.25, 0.3) is 5.91 Å². The number of nitrogens with two attached hydrogens (primary N) is 1. The van der Waals surface area contributed by atoms with E-state index < -0.39 is 10.0 Å². The molecule has 2 aliphatic heterocycles. The number of sulfonamides is 1. The van der Waals surface area contributed by atoms with Gasteiger partial charge in [0.05, 0.1) is 10.8 Å². The molecule has 1 aromatic rings. The van der Waals surface area contributed by atoms with Crippen molar-refractivity contribution in [2.75, 3.05) is 26.2 Å². The molecule has 1 aromatic carbocycles. The second-order valence-corrected chi connectivity index (χ2v) is 9.27. The fourth-order valence-corrected chi connectivity index (χ4v) is 5.29. The Morgan fingerprint density at radius 3 is 2.15 bits per heavy atom. The van der Waals surface area contributed by atoms with E-state index >= 15 is 0 Å². The lowest BCUT2D eigenvalue weighted by Crippen LogP contribution is -2.44. The monoisotopic (exact) mass is 393 g/mol. The summed E-state index contributed by atoms with van der Waals surface area (Å²) in [4.78, 5) is 25.9. The number of primary amides is 1. The van der Waals surface area contributed by atoms with E-state index in [4.69, 9.17) is 5.73 Å². The molecule has 2 aliphatic rings. The number of nitrogens with zero attached hydrogens (tertiary/aromatic N) is 2. The van der Waals surface area contributed by atoms with Crippen LogP contribution in [-0.4, -0.2) is 55.6 Å². The van der Waals surface area contributed by atoms with Crippen molar-refractivity contribution in [3.8, 4) is 0 Å². The third-order valence-electron chi connectivity index (χ3n) is 5.42. The Morgan fingerprint density at radius 2 is 1.56 bits per heavy atom. The Kier molecular flexibility index (Phi) is 6.16. The van der Waals surface area contributed by atoms with Crippen LogP contribution in [0.5, 0.6) is 0 Å². The van der Waals surface area contributed by atoms with Crippen LogP contribution in [0.25, 0.3) is 0 Å². The highest BCUT2D eigenvalue weighted by Gasteiger charge is 2.29. The molecule has 8 heteroatoms. The molecule has 0 spiro atoms. The smallest absolute Gasteiger partial charge is 0.253 e. The minimum absolute atomic E-state index is 0.195. The number of piperidine rings is 1. The van der Waals surface area contributed by atoms with Crippen molar-refractivity contribution in [1.82, 2.24) is 9.21 Å². The lowest BCUT2D eigenvalue weighted by atomic mass is 9.97. The van der Waals surface area contributed by atoms with Crippen LogP contribution in [0.1, 0.15) is 48.9 Å². The minimum atomic E-state index is -3.53. The zero-order chi connectivity index (χ0) is 19.4. The quantitative estimate of drug-likeness (QED) is 0.839. The molecule has 2 N–H and O–H groups in total. The third kappa shape index (κ3) is 4.50. The van der Waals surface area contributed by atoms with Gasteiger partial charge >= 0.3 is 0 Å². The molecule has 0 aromatic heterocycles. The molecule has 0 saturated carbocycles. The number of hydrogen-bond acceptors (Lipinski definition) is 4. The average Bonchev–Trinajstić information content (AvgIpc) is 2.98. The lowest BCUT2D eigenvalue weighted by Gasteiger charge is -2.31. The largest absolute Gasteiger partial charge is 0.369 e. The number of carbonyl (C=O) groups excluding carboxylic acids is 2. The molecule has 7 nitrogen and oxygen atoms in total. The highest BCUT2D eigenvalue weighted by atomic mass is 32.2. The fourth-order valence-electron chi connectivity index (χ4n) is 3.78. The van der Waals surface area contributed by atoms with Crippen molar-refractivity contribution >= 4 is 21.8 Å². The van der Waals surface area contributed by atoms with E-state index in [-0.39, 0.29) is 22.6 Å². The van der Waals surface area contributed by atoms with Crippen molar-refractivity contribution in [3.05, 3.63) is 29.8 Å². The molecule has 0 bridgehead atoms. The first-order chi connectivity index (χ1) is 12.9. The lowest BCUT2D eigenvalue weighted by molar-refractivity contribution is -0.123. The zero-order valence-corrected chi connectivity index (χ0v) is 16.3. The van der Waals surface area contributed by atoms with Gasteiger partial charge in [-0.15, -0.1) is 0 Å². The van der Waals surface area contributed by atoms with Gasteiger partial charge in [-0.25, -0.2) is 8.42 Å². The summed E-state index contributed by atoms with van der Waals surface area (Å²) in [6.45, 7) is 2.00. The van der Waals surface area contributed by atoms with E-state index in [0.29, 0.717) is 38.2 Å². The molecule has 0 aliphatic carbocycles. The number of carbonyl (C=O) groups is 2. The first kappa shape index (κ1) is 19.8. The van der Waals surface area contributed by atoms with Crippen LogP contribution in [0.2, 0.25) is 0 Å². The van der Waals surface area contributed by atoms with Gasteiger partial charge in [0.15, 0.2) is 0 Å². The van der Waals surface area contributed by atoms with E-state index in [1.54, 1.807) is 21.3 Å². The van der Waals surface area contributed by atoms with Crippen LogP contribution >= 0.6 is 0 Å². The Hall–Kier alpha value is -1.93. The summed E-state index contributed by atoms with van der Waals surface area (Å²) in [6, 6.07) is 6.12. The maximum Gasteiger partial charge on any atom is 0.253 e. The second kappa shape index (κ2) is 8.39. The molecular formula is C19H27N3O4S. The Balaban J connectivity index is 1.72. The van der Waals surface area contributed by atoms with Gasteiger partial charge in [0.1, 0.15) is 0 Å². The van der Waals surface area contributed by atoms with Gasteiger partial charge in [0, 0.05) is 31.7 Å². The number of rotatable bonds is 4. The summed E-state index contributed by atoms with van der Waals surface area (Å²) in [5.74, 6) is -0.892.